The largest absolute Gasteiger partial charge is 0.466 e. The van der Waals surface area contributed by atoms with Crippen LogP contribution in [0.15, 0.2) is 12.1 Å². The van der Waals surface area contributed by atoms with Crippen LogP contribution in [0.25, 0.3) is 0 Å². The molecule has 1 saturated heterocycles. The number of fused-ring (bicyclic) bond motifs is 1. The molecule has 8 heteroatoms. The fourth-order valence-corrected chi connectivity index (χ4v) is 3.38. The van der Waals surface area contributed by atoms with Gasteiger partial charge in [0.1, 0.15) is 0 Å². The number of amides is 1. The lowest BCUT2D eigenvalue weighted by atomic mass is 9.98. The fourth-order valence-electron chi connectivity index (χ4n) is 3.38. The van der Waals surface area contributed by atoms with Gasteiger partial charge in [0.15, 0.2) is 17.3 Å². The highest BCUT2D eigenvalue weighted by molar-refractivity contribution is 6.05. The Bertz CT molecular complexity index is 748. The SMILES string of the molecule is CCOC(=O)C1CCCN(CC(=O)Nc2cc3c(cc2C(C)=O)OCO3)C1. The molecular formula is C19H24N2O6. The molecule has 2 heterocycles. The number of nitrogens with zero attached hydrogens (tertiary/aromatic N) is 1. The van der Waals surface area contributed by atoms with Crippen molar-refractivity contribution in [1.82, 2.24) is 4.90 Å². The van der Waals surface area contributed by atoms with Crippen LogP contribution in [0.3, 0.4) is 0 Å². The molecule has 1 fully saturated rings. The molecule has 0 saturated carbocycles. The minimum atomic E-state index is -0.249. The van der Waals surface area contributed by atoms with Crippen molar-refractivity contribution >= 4 is 23.3 Å². The molecule has 1 amide bonds. The van der Waals surface area contributed by atoms with E-state index in [1.165, 1.54) is 6.92 Å². The monoisotopic (exact) mass is 376 g/mol. The third kappa shape index (κ3) is 4.57. The van der Waals surface area contributed by atoms with Gasteiger partial charge in [0, 0.05) is 18.2 Å². The zero-order valence-electron chi connectivity index (χ0n) is 15.6. The second-order valence-electron chi connectivity index (χ2n) is 6.68. The molecule has 27 heavy (non-hydrogen) atoms. The highest BCUT2D eigenvalue weighted by Crippen LogP contribution is 2.37. The molecule has 146 valence electrons. The van der Waals surface area contributed by atoms with E-state index >= 15 is 0 Å². The van der Waals surface area contributed by atoms with E-state index in [0.717, 1.165) is 19.4 Å². The first-order valence-corrected chi connectivity index (χ1v) is 9.11. The number of ether oxygens (including phenoxy) is 3. The Morgan fingerprint density at radius 2 is 2.00 bits per heavy atom. The van der Waals surface area contributed by atoms with Gasteiger partial charge in [-0.1, -0.05) is 0 Å². The van der Waals surface area contributed by atoms with Crippen LogP contribution in [0.1, 0.15) is 37.0 Å². The van der Waals surface area contributed by atoms with E-state index in [9.17, 15) is 14.4 Å². The van der Waals surface area contributed by atoms with Crippen LogP contribution in [-0.2, 0) is 14.3 Å². The molecule has 0 spiro atoms. The summed E-state index contributed by atoms with van der Waals surface area (Å²) >= 11 is 0. The van der Waals surface area contributed by atoms with Gasteiger partial charge in [-0.3, -0.25) is 19.3 Å². The Labute approximate surface area is 157 Å². The summed E-state index contributed by atoms with van der Waals surface area (Å²) in [7, 11) is 0. The molecule has 2 aliphatic rings. The Hall–Kier alpha value is -2.61. The Morgan fingerprint density at radius 1 is 1.26 bits per heavy atom. The number of hydrogen-bond acceptors (Lipinski definition) is 7. The van der Waals surface area contributed by atoms with Gasteiger partial charge in [-0.15, -0.1) is 0 Å². The minimum Gasteiger partial charge on any atom is -0.466 e. The topological polar surface area (TPSA) is 94.2 Å². The summed E-state index contributed by atoms with van der Waals surface area (Å²) in [5.41, 5.74) is 0.770. The number of carbonyl (C=O) groups is 3. The molecule has 1 aromatic carbocycles. The summed E-state index contributed by atoms with van der Waals surface area (Å²) < 4.78 is 15.7. The first-order chi connectivity index (χ1) is 13.0. The number of benzene rings is 1. The van der Waals surface area contributed by atoms with Crippen molar-refractivity contribution in [3.63, 3.8) is 0 Å². The third-order valence-electron chi connectivity index (χ3n) is 4.66. The molecule has 3 rings (SSSR count). The number of likely N-dealkylation sites (tertiary alicyclic amines) is 1. The summed E-state index contributed by atoms with van der Waals surface area (Å²) in [6.07, 6.45) is 1.60. The smallest absolute Gasteiger partial charge is 0.310 e. The lowest BCUT2D eigenvalue weighted by molar-refractivity contribution is -0.150. The van der Waals surface area contributed by atoms with Crippen LogP contribution in [0, 0.1) is 5.92 Å². The zero-order valence-corrected chi connectivity index (χ0v) is 15.6. The van der Waals surface area contributed by atoms with Crippen LogP contribution >= 0.6 is 0 Å². The molecule has 8 nitrogen and oxygen atoms in total. The lowest BCUT2D eigenvalue weighted by Crippen LogP contribution is -2.43. The summed E-state index contributed by atoms with van der Waals surface area (Å²) in [5.74, 6) is 0.147. The van der Waals surface area contributed by atoms with Crippen molar-refractivity contribution in [2.24, 2.45) is 5.92 Å². The third-order valence-corrected chi connectivity index (χ3v) is 4.66. The minimum absolute atomic E-state index is 0.0904. The van der Waals surface area contributed by atoms with E-state index in [2.05, 4.69) is 5.32 Å². The van der Waals surface area contributed by atoms with Crippen molar-refractivity contribution in [1.29, 1.82) is 0 Å². The van der Waals surface area contributed by atoms with Crippen molar-refractivity contribution < 1.29 is 28.6 Å². The number of nitrogens with one attached hydrogen (secondary N) is 1. The fraction of sp³-hybridized carbons (Fsp3) is 0.526. The number of carbonyl (C=O) groups excluding carboxylic acids is 3. The Balaban J connectivity index is 1.64. The summed E-state index contributed by atoms with van der Waals surface area (Å²) in [6, 6.07) is 3.19. The van der Waals surface area contributed by atoms with E-state index in [-0.39, 0.29) is 36.9 Å². The molecule has 0 bridgehead atoms. The van der Waals surface area contributed by atoms with E-state index in [1.54, 1.807) is 19.1 Å². The number of piperidine rings is 1. The maximum atomic E-state index is 12.5. The maximum Gasteiger partial charge on any atom is 0.310 e. The molecule has 0 aliphatic carbocycles. The van der Waals surface area contributed by atoms with Crippen LogP contribution in [0.2, 0.25) is 0 Å². The Kier molecular flexibility index (Phi) is 5.95. The molecule has 1 aromatic rings. The number of anilines is 1. The van der Waals surface area contributed by atoms with Gasteiger partial charge in [-0.2, -0.15) is 0 Å². The zero-order chi connectivity index (χ0) is 19.4. The average Bonchev–Trinajstić information content (AvgIpc) is 3.08. The van der Waals surface area contributed by atoms with Crippen LogP contribution in [0.4, 0.5) is 5.69 Å². The van der Waals surface area contributed by atoms with Crippen LogP contribution < -0.4 is 14.8 Å². The van der Waals surface area contributed by atoms with Gasteiger partial charge in [0.25, 0.3) is 0 Å². The number of hydrogen-bond donors (Lipinski definition) is 1. The summed E-state index contributed by atoms with van der Waals surface area (Å²) in [4.78, 5) is 38.3. The van der Waals surface area contributed by atoms with Gasteiger partial charge < -0.3 is 19.5 Å². The van der Waals surface area contributed by atoms with Crippen LogP contribution in [0.5, 0.6) is 11.5 Å². The van der Waals surface area contributed by atoms with Gasteiger partial charge in [0.2, 0.25) is 12.7 Å². The lowest BCUT2D eigenvalue weighted by Gasteiger charge is -2.30. The van der Waals surface area contributed by atoms with E-state index < -0.39 is 0 Å². The van der Waals surface area contributed by atoms with Gasteiger partial charge in [-0.25, -0.2) is 0 Å². The first kappa shape index (κ1) is 19.2. The van der Waals surface area contributed by atoms with E-state index in [4.69, 9.17) is 14.2 Å². The number of esters is 1. The summed E-state index contributed by atoms with van der Waals surface area (Å²) in [6.45, 7) is 5.03. The molecular weight excluding hydrogens is 352 g/mol. The molecule has 0 aromatic heterocycles. The number of ketones is 1. The molecule has 1 atom stereocenters. The van der Waals surface area contributed by atoms with E-state index in [0.29, 0.717) is 35.9 Å². The highest BCUT2D eigenvalue weighted by Gasteiger charge is 2.28. The molecule has 2 aliphatic heterocycles. The molecule has 0 radical (unpaired) electrons. The second-order valence-corrected chi connectivity index (χ2v) is 6.68. The maximum absolute atomic E-state index is 12.5. The van der Waals surface area contributed by atoms with E-state index in [1.807, 2.05) is 4.90 Å². The quantitative estimate of drug-likeness (QED) is 0.598. The number of Topliss-reactive ketones (excluding diaryl/α,β-unsaturated/α-hetero) is 1. The Morgan fingerprint density at radius 3 is 2.70 bits per heavy atom. The van der Waals surface area contributed by atoms with Crippen molar-refractivity contribution in [3.05, 3.63) is 17.7 Å². The molecule has 1 unspecified atom stereocenters. The normalized spacial score (nSPS) is 18.8. The highest BCUT2D eigenvalue weighted by atomic mass is 16.7. The summed E-state index contributed by atoms with van der Waals surface area (Å²) in [5, 5.41) is 2.78. The standard InChI is InChI=1S/C19H24N2O6/c1-3-25-19(24)13-5-4-6-21(9-13)10-18(23)20-15-8-17-16(26-11-27-17)7-14(15)12(2)22/h7-8,13H,3-6,9-11H2,1-2H3,(H,20,23). The molecule has 1 N–H and O–H groups in total. The van der Waals surface area contributed by atoms with Crippen LogP contribution in [-0.4, -0.2) is 55.6 Å². The van der Waals surface area contributed by atoms with Crippen molar-refractivity contribution in [2.75, 3.05) is 38.4 Å². The average molecular weight is 376 g/mol. The van der Waals surface area contributed by atoms with Gasteiger partial charge in [-0.05, 0) is 39.3 Å². The predicted octanol–water partition coefficient (Wildman–Crippen LogP) is 1.83. The van der Waals surface area contributed by atoms with Crippen molar-refractivity contribution in [2.45, 2.75) is 26.7 Å². The van der Waals surface area contributed by atoms with Crippen molar-refractivity contribution in [3.8, 4) is 11.5 Å². The predicted molar refractivity (Wildman–Crippen MR) is 97.0 cm³/mol. The van der Waals surface area contributed by atoms with Gasteiger partial charge in [0.05, 0.1) is 24.8 Å². The number of rotatable bonds is 6. The second kappa shape index (κ2) is 8.39. The van der Waals surface area contributed by atoms with Gasteiger partial charge >= 0.3 is 5.97 Å². The first-order valence-electron chi connectivity index (χ1n) is 9.11.